The van der Waals surface area contributed by atoms with Gasteiger partial charge in [-0.25, -0.2) is 9.69 Å². The summed E-state index contributed by atoms with van der Waals surface area (Å²) >= 11 is 3.08. The molecule has 1 aliphatic heterocycles. The number of nitrogens with zero attached hydrogens (tertiary/aromatic N) is 2. The van der Waals surface area contributed by atoms with Crippen molar-refractivity contribution in [3.05, 3.63) is 10.7 Å². The van der Waals surface area contributed by atoms with Crippen molar-refractivity contribution in [1.29, 1.82) is 0 Å². The van der Waals surface area contributed by atoms with Crippen molar-refractivity contribution in [1.82, 2.24) is 4.90 Å². The quantitative estimate of drug-likeness (QED) is 0.624. The summed E-state index contributed by atoms with van der Waals surface area (Å²) in [4.78, 5) is 15.0. The number of rotatable bonds is 0. The topological polar surface area (TPSA) is 78.9 Å². The monoisotopic (exact) mass is 219 g/mol. The molecule has 0 bridgehead atoms. The van der Waals surface area contributed by atoms with Gasteiger partial charge in [-0.05, 0) is 15.9 Å². The fraction of sp³-hybridized carbons (Fsp3) is 0.200. The molecule has 0 saturated heterocycles. The lowest BCUT2D eigenvalue weighted by Gasteiger charge is -2.21. The molecule has 0 saturated carbocycles. The van der Waals surface area contributed by atoms with Crippen LogP contribution >= 0.6 is 15.9 Å². The molecule has 1 heterocycles. The molecule has 5 nitrogen and oxygen atoms in total. The fourth-order valence-electron chi connectivity index (χ4n) is 0.630. The number of halogens is 1. The van der Waals surface area contributed by atoms with Crippen LogP contribution in [-0.2, 0) is 0 Å². The second-order valence-electron chi connectivity index (χ2n) is 1.90. The Morgan fingerprint density at radius 1 is 1.91 bits per heavy atom. The van der Waals surface area contributed by atoms with E-state index in [4.69, 9.17) is 10.8 Å². The number of allylic oxidation sites excluding steroid dienone is 1. The van der Waals surface area contributed by atoms with Gasteiger partial charge >= 0.3 is 6.09 Å². The number of hydrogen-bond acceptors (Lipinski definition) is 3. The molecule has 3 N–H and O–H groups in total. The fourth-order valence-corrected chi connectivity index (χ4v) is 0.969. The van der Waals surface area contributed by atoms with Crippen molar-refractivity contribution in [3.63, 3.8) is 0 Å². The normalized spacial score (nSPS) is 23.3. The van der Waals surface area contributed by atoms with Crippen LogP contribution in [0.2, 0.25) is 0 Å². The molecule has 0 spiro atoms. The van der Waals surface area contributed by atoms with Crippen LogP contribution < -0.4 is 5.73 Å². The summed E-state index contributed by atoms with van der Waals surface area (Å²) in [7, 11) is 0. The second-order valence-corrected chi connectivity index (χ2v) is 2.81. The predicted molar refractivity (Wildman–Crippen MR) is 43.3 cm³/mol. The number of amides is 1. The maximum atomic E-state index is 10.4. The Labute approximate surface area is 71.3 Å². The zero-order chi connectivity index (χ0) is 8.43. The van der Waals surface area contributed by atoms with Crippen molar-refractivity contribution in [2.24, 2.45) is 10.7 Å². The molecular weight excluding hydrogens is 214 g/mol. The highest BCUT2D eigenvalue weighted by atomic mass is 79.9. The summed E-state index contributed by atoms with van der Waals surface area (Å²) in [6.07, 6.45) is 0.879. The van der Waals surface area contributed by atoms with Crippen molar-refractivity contribution >= 4 is 28.2 Å². The highest BCUT2D eigenvalue weighted by molar-refractivity contribution is 9.12. The van der Waals surface area contributed by atoms with Crippen LogP contribution in [0.15, 0.2) is 15.7 Å². The van der Waals surface area contributed by atoms with Crippen LogP contribution in [0, 0.1) is 0 Å². The number of carboxylic acid groups (broad SMARTS) is 1. The van der Waals surface area contributed by atoms with E-state index in [1.54, 1.807) is 0 Å². The minimum absolute atomic E-state index is 0.585. The first-order valence-electron chi connectivity index (χ1n) is 2.78. The summed E-state index contributed by atoms with van der Waals surface area (Å²) in [5.74, 6) is 0. The number of aliphatic imine (C=N–C) groups is 1. The molecular formula is C5H6BrN3O2. The molecule has 1 unspecified atom stereocenters. The molecule has 0 aromatic rings. The van der Waals surface area contributed by atoms with Crippen LogP contribution in [0.5, 0.6) is 0 Å². The van der Waals surface area contributed by atoms with Gasteiger partial charge in [-0.3, -0.25) is 10.7 Å². The molecule has 0 aliphatic carbocycles. The number of hydrogen-bond donors (Lipinski definition) is 2. The maximum Gasteiger partial charge on any atom is 0.414 e. The van der Waals surface area contributed by atoms with E-state index >= 15 is 0 Å². The molecule has 1 aliphatic rings. The predicted octanol–water partition coefficient (Wildman–Crippen LogP) is 0.529. The Bertz CT molecular complexity index is 238. The van der Waals surface area contributed by atoms with Gasteiger partial charge in [-0.1, -0.05) is 0 Å². The van der Waals surface area contributed by atoms with Crippen LogP contribution in [0.3, 0.4) is 0 Å². The zero-order valence-electron chi connectivity index (χ0n) is 5.44. The zero-order valence-corrected chi connectivity index (χ0v) is 7.02. The summed E-state index contributed by atoms with van der Waals surface area (Å²) in [5, 5.41) is 8.53. The van der Waals surface area contributed by atoms with Crippen molar-refractivity contribution < 1.29 is 9.90 Å². The van der Waals surface area contributed by atoms with E-state index in [0.717, 1.165) is 4.90 Å². The Kier molecular flexibility index (Phi) is 2.25. The summed E-state index contributed by atoms with van der Waals surface area (Å²) in [6, 6.07) is 0. The van der Waals surface area contributed by atoms with Crippen LogP contribution in [0.1, 0.15) is 0 Å². The first kappa shape index (κ1) is 8.22. The molecule has 1 amide bonds. The largest absolute Gasteiger partial charge is 0.465 e. The van der Waals surface area contributed by atoms with Gasteiger partial charge in [0.1, 0.15) is 0 Å². The molecule has 60 valence electrons. The molecule has 0 aromatic carbocycles. The number of carbonyl (C=O) groups is 1. The van der Waals surface area contributed by atoms with Gasteiger partial charge in [0.15, 0.2) is 6.29 Å². The molecule has 1 rings (SSSR count). The van der Waals surface area contributed by atoms with Gasteiger partial charge in [0, 0.05) is 12.4 Å². The summed E-state index contributed by atoms with van der Waals surface area (Å²) in [6.45, 7) is 0. The van der Waals surface area contributed by atoms with Crippen molar-refractivity contribution in [3.8, 4) is 0 Å². The lowest BCUT2D eigenvalue weighted by Crippen LogP contribution is -2.41. The molecule has 0 aromatic heterocycles. The van der Waals surface area contributed by atoms with Crippen molar-refractivity contribution in [2.75, 3.05) is 0 Å². The second kappa shape index (κ2) is 3.02. The van der Waals surface area contributed by atoms with Gasteiger partial charge < -0.3 is 5.11 Å². The van der Waals surface area contributed by atoms with Gasteiger partial charge in [-0.2, -0.15) is 0 Å². The molecule has 0 fully saturated rings. The van der Waals surface area contributed by atoms with E-state index < -0.39 is 12.4 Å². The highest BCUT2D eigenvalue weighted by Gasteiger charge is 2.18. The van der Waals surface area contributed by atoms with E-state index in [1.165, 1.54) is 12.4 Å². The van der Waals surface area contributed by atoms with Crippen LogP contribution in [0.25, 0.3) is 0 Å². The van der Waals surface area contributed by atoms with Crippen molar-refractivity contribution in [2.45, 2.75) is 6.29 Å². The van der Waals surface area contributed by atoms with Gasteiger partial charge in [-0.15, -0.1) is 0 Å². The van der Waals surface area contributed by atoms with Crippen LogP contribution in [0.4, 0.5) is 4.79 Å². The van der Waals surface area contributed by atoms with E-state index in [2.05, 4.69) is 20.9 Å². The average molecular weight is 220 g/mol. The first-order chi connectivity index (χ1) is 5.11. The third kappa shape index (κ3) is 1.78. The Balaban J connectivity index is 2.81. The third-order valence-corrected chi connectivity index (χ3v) is 1.53. The summed E-state index contributed by atoms with van der Waals surface area (Å²) < 4.78 is 0.585. The molecule has 1 atom stereocenters. The van der Waals surface area contributed by atoms with E-state index in [1.807, 2.05) is 0 Å². The smallest absolute Gasteiger partial charge is 0.414 e. The van der Waals surface area contributed by atoms with Gasteiger partial charge in [0.05, 0.1) is 4.48 Å². The van der Waals surface area contributed by atoms with Crippen LogP contribution in [-0.4, -0.2) is 28.6 Å². The molecule has 11 heavy (non-hydrogen) atoms. The van der Waals surface area contributed by atoms with E-state index in [0.29, 0.717) is 4.48 Å². The maximum absolute atomic E-state index is 10.4. The standard InChI is InChI=1S/C5H6BrN3O2/c6-3-1-8-4(7)9(2-3)5(10)11/h1-2,4H,7H2,(H,10,11). The highest BCUT2D eigenvalue weighted by Crippen LogP contribution is 2.11. The van der Waals surface area contributed by atoms with E-state index in [9.17, 15) is 4.79 Å². The molecule has 0 radical (unpaired) electrons. The minimum atomic E-state index is -1.12. The number of nitrogens with two attached hydrogens (primary N) is 1. The Morgan fingerprint density at radius 2 is 2.55 bits per heavy atom. The minimum Gasteiger partial charge on any atom is -0.465 e. The van der Waals surface area contributed by atoms with Gasteiger partial charge in [0.2, 0.25) is 0 Å². The molecule has 6 heteroatoms. The first-order valence-corrected chi connectivity index (χ1v) is 3.58. The SMILES string of the molecule is NC1N=CC(Br)=CN1C(=O)O. The third-order valence-electron chi connectivity index (χ3n) is 1.12. The Hall–Kier alpha value is -0.880. The lowest BCUT2D eigenvalue weighted by molar-refractivity contribution is 0.149. The van der Waals surface area contributed by atoms with Gasteiger partial charge in [0.25, 0.3) is 0 Å². The summed E-state index contributed by atoms with van der Waals surface area (Å²) in [5.41, 5.74) is 5.32. The average Bonchev–Trinajstić information content (AvgIpc) is 1.94. The van der Waals surface area contributed by atoms with E-state index in [-0.39, 0.29) is 0 Å². The Morgan fingerprint density at radius 3 is 3.00 bits per heavy atom. The lowest BCUT2D eigenvalue weighted by atomic mass is 10.5.